The summed E-state index contributed by atoms with van der Waals surface area (Å²) >= 11 is 0. The maximum atomic E-state index is 12.4. The Bertz CT molecular complexity index is 362. The van der Waals surface area contributed by atoms with Crippen molar-refractivity contribution in [2.75, 3.05) is 26.7 Å². The summed E-state index contributed by atoms with van der Waals surface area (Å²) in [4.78, 5) is 3.60. The molecule has 1 saturated heterocycles. The number of hydrazone groups is 1. The summed E-state index contributed by atoms with van der Waals surface area (Å²) in [6.45, 7) is 5.27. The average Bonchev–Trinajstić information content (AvgIpc) is 2.34. The van der Waals surface area contributed by atoms with Crippen molar-refractivity contribution >= 4 is 12.6 Å². The Hall–Kier alpha value is -1.11. The Morgan fingerprint density at radius 2 is 2.05 bits per heavy atom. The van der Waals surface area contributed by atoms with Crippen molar-refractivity contribution in [3.63, 3.8) is 0 Å². The topological polar surface area (TPSA) is 40.0 Å². The molecule has 1 aliphatic rings. The summed E-state index contributed by atoms with van der Waals surface area (Å²) in [5, 5.41) is 7.98. The Balaban J connectivity index is 2.47. The van der Waals surface area contributed by atoms with Crippen LogP contribution in [0.3, 0.4) is 0 Å². The molecule has 1 heterocycles. The summed E-state index contributed by atoms with van der Waals surface area (Å²) < 4.78 is 37.1. The van der Waals surface area contributed by atoms with Crippen LogP contribution in [0.4, 0.5) is 13.2 Å². The van der Waals surface area contributed by atoms with Crippen LogP contribution in [0.25, 0.3) is 0 Å². The van der Waals surface area contributed by atoms with Crippen molar-refractivity contribution in [1.82, 2.24) is 10.3 Å². The maximum Gasteiger partial charge on any atom is 0.408 e. The predicted octanol–water partition coefficient (Wildman–Crippen LogP) is 2.91. The Morgan fingerprint density at radius 3 is 2.48 bits per heavy atom. The lowest BCUT2D eigenvalue weighted by atomic mass is 9.75. The molecule has 0 aromatic heterocycles. The lowest BCUT2D eigenvalue weighted by Gasteiger charge is -2.41. The van der Waals surface area contributed by atoms with Crippen LogP contribution in [0.5, 0.6) is 0 Å². The van der Waals surface area contributed by atoms with Crippen molar-refractivity contribution in [1.29, 1.82) is 0 Å². The van der Waals surface area contributed by atoms with Crippen LogP contribution in [-0.4, -0.2) is 50.4 Å². The summed E-state index contributed by atoms with van der Waals surface area (Å²) in [5.41, 5.74) is 0.324. The quantitative estimate of drug-likeness (QED) is 0.425. The molecule has 4 nitrogen and oxygen atoms in total. The number of alkyl halides is 3. The van der Waals surface area contributed by atoms with Crippen LogP contribution in [-0.2, 0) is 0 Å². The minimum absolute atomic E-state index is 0.324. The Kier molecular flexibility index (Phi) is 6.64. The number of hydrogen-bond donors (Lipinski definition) is 1. The normalized spacial score (nSPS) is 19.9. The van der Waals surface area contributed by atoms with Gasteiger partial charge in [-0.2, -0.15) is 18.3 Å². The fourth-order valence-corrected chi connectivity index (χ4v) is 2.52. The molecule has 1 atom stereocenters. The van der Waals surface area contributed by atoms with Gasteiger partial charge in [0.1, 0.15) is 12.9 Å². The van der Waals surface area contributed by atoms with Crippen LogP contribution in [0.15, 0.2) is 10.1 Å². The lowest BCUT2D eigenvalue weighted by Crippen LogP contribution is -2.52. The van der Waals surface area contributed by atoms with E-state index >= 15 is 0 Å². The Morgan fingerprint density at radius 1 is 1.38 bits per heavy atom. The van der Waals surface area contributed by atoms with E-state index in [0.29, 0.717) is 17.8 Å². The van der Waals surface area contributed by atoms with E-state index in [9.17, 15) is 13.2 Å². The minimum atomic E-state index is -4.28. The van der Waals surface area contributed by atoms with E-state index in [-0.39, 0.29) is 0 Å². The molecule has 122 valence electrons. The SMILES string of the molecule is CCC(C/C=N/N(C=NC)CC(F)(F)F)CC1(C)CNC1. The molecule has 0 amide bonds. The molecule has 0 aromatic rings. The molecule has 0 aromatic carbocycles. The van der Waals surface area contributed by atoms with Crippen LogP contribution in [0, 0.1) is 11.3 Å². The van der Waals surface area contributed by atoms with Crippen LogP contribution >= 0.6 is 0 Å². The van der Waals surface area contributed by atoms with Gasteiger partial charge in [-0.15, -0.1) is 0 Å². The molecule has 0 spiro atoms. The van der Waals surface area contributed by atoms with Gasteiger partial charge < -0.3 is 5.32 Å². The first-order valence-electron chi connectivity index (χ1n) is 7.27. The number of rotatable bonds is 8. The van der Waals surface area contributed by atoms with Gasteiger partial charge in [-0.1, -0.05) is 20.3 Å². The fraction of sp³-hybridized carbons (Fsp3) is 0.857. The molecule has 0 radical (unpaired) electrons. The van der Waals surface area contributed by atoms with Crippen LogP contribution in [0.1, 0.15) is 33.1 Å². The zero-order chi connectivity index (χ0) is 15.9. The van der Waals surface area contributed by atoms with Gasteiger partial charge in [-0.3, -0.25) is 4.99 Å². The van der Waals surface area contributed by atoms with Gasteiger partial charge in [-0.25, -0.2) is 5.01 Å². The first-order valence-corrected chi connectivity index (χ1v) is 7.27. The summed E-state index contributed by atoms with van der Waals surface area (Å²) in [5.74, 6) is 0.451. The molecular weight excluding hydrogens is 281 g/mol. The zero-order valence-corrected chi connectivity index (χ0v) is 13.0. The van der Waals surface area contributed by atoms with Crippen LogP contribution < -0.4 is 5.32 Å². The third-order valence-electron chi connectivity index (χ3n) is 3.72. The molecule has 21 heavy (non-hydrogen) atoms. The number of nitrogens with one attached hydrogen (secondary N) is 1. The van der Waals surface area contributed by atoms with Crippen molar-refractivity contribution in [3.8, 4) is 0 Å². The smallest absolute Gasteiger partial charge is 0.316 e. The highest BCUT2D eigenvalue weighted by Gasteiger charge is 2.33. The van der Waals surface area contributed by atoms with E-state index in [1.54, 1.807) is 6.21 Å². The van der Waals surface area contributed by atoms with Crippen LogP contribution in [0.2, 0.25) is 0 Å². The summed E-state index contributed by atoms with van der Waals surface area (Å²) in [6.07, 6.45) is 1.16. The van der Waals surface area contributed by atoms with Crippen molar-refractivity contribution in [3.05, 3.63) is 0 Å². The number of hydrogen-bond acceptors (Lipinski definition) is 3. The maximum absolute atomic E-state index is 12.4. The van der Waals surface area contributed by atoms with E-state index < -0.39 is 12.7 Å². The minimum Gasteiger partial charge on any atom is -0.316 e. The molecule has 0 saturated carbocycles. The van der Waals surface area contributed by atoms with E-state index in [4.69, 9.17) is 0 Å². The molecule has 1 N–H and O–H groups in total. The van der Waals surface area contributed by atoms with Gasteiger partial charge in [0.15, 0.2) is 0 Å². The zero-order valence-electron chi connectivity index (χ0n) is 13.0. The number of aliphatic imine (C=N–C) groups is 1. The number of halogens is 3. The third-order valence-corrected chi connectivity index (χ3v) is 3.72. The van der Waals surface area contributed by atoms with Gasteiger partial charge in [0.25, 0.3) is 0 Å². The van der Waals surface area contributed by atoms with E-state index in [2.05, 4.69) is 29.3 Å². The lowest BCUT2D eigenvalue weighted by molar-refractivity contribution is -0.137. The Labute approximate surface area is 124 Å². The van der Waals surface area contributed by atoms with Crippen molar-refractivity contribution < 1.29 is 13.2 Å². The second kappa shape index (κ2) is 7.77. The van der Waals surface area contributed by atoms with Gasteiger partial charge in [-0.05, 0) is 24.2 Å². The highest BCUT2D eigenvalue weighted by atomic mass is 19.4. The monoisotopic (exact) mass is 306 g/mol. The summed E-state index contributed by atoms with van der Waals surface area (Å²) in [6, 6.07) is 0. The first kappa shape index (κ1) is 17.9. The molecule has 1 fully saturated rings. The molecule has 1 rings (SSSR count). The largest absolute Gasteiger partial charge is 0.408 e. The number of nitrogens with zero attached hydrogens (tertiary/aromatic N) is 3. The van der Waals surface area contributed by atoms with E-state index in [1.165, 1.54) is 7.05 Å². The molecule has 0 bridgehead atoms. The standard InChI is InChI=1S/C14H25F3N4/c1-4-12(7-13(2)8-19-9-13)5-6-20-21(11-18-3)10-14(15,16)17/h6,11-12,19H,4-5,7-10H2,1-3H3/b18-11?,20-6+. The third kappa shape index (κ3) is 6.93. The molecule has 1 aliphatic heterocycles. The molecule has 0 aliphatic carbocycles. The molecule has 7 heteroatoms. The second-order valence-electron chi connectivity index (χ2n) is 6.01. The highest BCUT2D eigenvalue weighted by molar-refractivity contribution is 5.61. The first-order chi connectivity index (χ1) is 9.78. The van der Waals surface area contributed by atoms with E-state index in [0.717, 1.165) is 37.3 Å². The molecular formula is C14H25F3N4. The highest BCUT2D eigenvalue weighted by Crippen LogP contribution is 2.32. The second-order valence-corrected chi connectivity index (χ2v) is 6.01. The predicted molar refractivity (Wildman–Crippen MR) is 79.7 cm³/mol. The van der Waals surface area contributed by atoms with Gasteiger partial charge in [0.2, 0.25) is 0 Å². The molecule has 1 unspecified atom stereocenters. The summed E-state index contributed by atoms with van der Waals surface area (Å²) in [7, 11) is 1.43. The average molecular weight is 306 g/mol. The fourth-order valence-electron chi connectivity index (χ4n) is 2.52. The van der Waals surface area contributed by atoms with Gasteiger partial charge in [0.05, 0.1) is 0 Å². The van der Waals surface area contributed by atoms with Crippen molar-refractivity contribution in [2.24, 2.45) is 21.4 Å². The van der Waals surface area contributed by atoms with E-state index in [1.807, 2.05) is 0 Å². The van der Waals surface area contributed by atoms with Crippen molar-refractivity contribution in [2.45, 2.75) is 39.3 Å². The van der Waals surface area contributed by atoms with Gasteiger partial charge >= 0.3 is 6.18 Å². The van der Waals surface area contributed by atoms with Gasteiger partial charge in [0, 0.05) is 26.4 Å².